The lowest BCUT2D eigenvalue weighted by molar-refractivity contribution is 0.0270. The summed E-state index contributed by atoms with van der Waals surface area (Å²) in [5.74, 6) is -0.387. The molecule has 9 nitrogen and oxygen atoms in total. The minimum atomic E-state index is -3.52. The van der Waals surface area contributed by atoms with Gasteiger partial charge in [0.15, 0.2) is 21.3 Å². The fraction of sp³-hybridized carbons (Fsp3) is 0.348. The van der Waals surface area contributed by atoms with Crippen LogP contribution in [0.1, 0.15) is 32.9 Å². The summed E-state index contributed by atoms with van der Waals surface area (Å²) in [6.45, 7) is 6.44. The Hall–Kier alpha value is -3.47. The first-order chi connectivity index (χ1) is 15.9. The SMILES string of the molecule is CC(C)(C)OC(=O)N1CC=C(c2cnc3c(Nc4ccc(S(C)(=O)=O)cc4F)nccn23)CC1. The quantitative estimate of drug-likeness (QED) is 0.592. The first-order valence-electron chi connectivity index (χ1n) is 10.7. The third kappa shape index (κ3) is 5.04. The normalized spacial score (nSPS) is 14.7. The molecule has 0 atom stereocenters. The molecule has 1 aliphatic rings. The smallest absolute Gasteiger partial charge is 0.410 e. The zero-order chi connectivity index (χ0) is 24.7. The minimum absolute atomic E-state index is 0.0856. The van der Waals surface area contributed by atoms with E-state index in [4.69, 9.17) is 4.74 Å². The average Bonchev–Trinajstić information content (AvgIpc) is 3.18. The van der Waals surface area contributed by atoms with E-state index in [0.717, 1.165) is 23.6 Å². The summed E-state index contributed by atoms with van der Waals surface area (Å²) in [7, 11) is -3.52. The van der Waals surface area contributed by atoms with Crippen molar-refractivity contribution in [2.75, 3.05) is 24.7 Å². The summed E-state index contributed by atoms with van der Waals surface area (Å²) in [6, 6.07) is 3.66. The van der Waals surface area contributed by atoms with Gasteiger partial charge in [0.2, 0.25) is 0 Å². The number of rotatable bonds is 4. The molecule has 1 amide bonds. The summed E-state index contributed by atoms with van der Waals surface area (Å²) < 4.78 is 45.1. The molecule has 1 N–H and O–H groups in total. The number of hydrogen-bond acceptors (Lipinski definition) is 7. The summed E-state index contributed by atoms with van der Waals surface area (Å²) >= 11 is 0. The first-order valence-corrected chi connectivity index (χ1v) is 12.6. The van der Waals surface area contributed by atoms with Crippen LogP contribution < -0.4 is 5.32 Å². The Morgan fingerprint density at radius 1 is 1.24 bits per heavy atom. The predicted octanol–water partition coefficient (Wildman–Crippen LogP) is 4.04. The van der Waals surface area contributed by atoms with Crippen molar-refractivity contribution in [1.82, 2.24) is 19.3 Å². The Balaban J connectivity index is 1.57. The largest absolute Gasteiger partial charge is 0.444 e. The molecule has 0 fully saturated rings. The summed E-state index contributed by atoms with van der Waals surface area (Å²) in [5.41, 5.74) is 1.89. The van der Waals surface area contributed by atoms with Gasteiger partial charge in [0, 0.05) is 31.7 Å². The van der Waals surface area contributed by atoms with E-state index in [1.807, 2.05) is 31.2 Å². The number of benzene rings is 1. The summed E-state index contributed by atoms with van der Waals surface area (Å²) in [4.78, 5) is 22.6. The maximum absolute atomic E-state index is 14.5. The summed E-state index contributed by atoms with van der Waals surface area (Å²) in [5, 5.41) is 2.90. The highest BCUT2D eigenvalue weighted by molar-refractivity contribution is 7.90. The van der Waals surface area contributed by atoms with Crippen molar-refractivity contribution in [2.45, 2.75) is 37.7 Å². The number of nitrogens with zero attached hydrogens (tertiary/aromatic N) is 4. The number of carbonyl (C=O) groups excluding carboxylic acids is 1. The second-order valence-corrected chi connectivity index (χ2v) is 11.1. The van der Waals surface area contributed by atoms with Gasteiger partial charge >= 0.3 is 6.09 Å². The second-order valence-electron chi connectivity index (χ2n) is 9.06. The molecule has 180 valence electrons. The number of sulfone groups is 1. The van der Waals surface area contributed by atoms with Crippen LogP contribution in [-0.4, -0.2) is 58.7 Å². The van der Waals surface area contributed by atoms with E-state index < -0.39 is 21.3 Å². The number of fused-ring (bicyclic) bond motifs is 1. The molecule has 0 unspecified atom stereocenters. The third-order valence-electron chi connectivity index (χ3n) is 5.24. The van der Waals surface area contributed by atoms with Crippen molar-refractivity contribution in [2.24, 2.45) is 0 Å². The zero-order valence-electron chi connectivity index (χ0n) is 19.4. The molecule has 2 aromatic heterocycles. The lowest BCUT2D eigenvalue weighted by Gasteiger charge is -2.29. The van der Waals surface area contributed by atoms with Gasteiger partial charge in [0.05, 0.1) is 22.5 Å². The van der Waals surface area contributed by atoms with E-state index >= 15 is 0 Å². The van der Waals surface area contributed by atoms with Crippen LogP contribution in [0.4, 0.5) is 20.7 Å². The Bertz CT molecular complexity index is 1390. The molecule has 1 aliphatic heterocycles. The molecule has 0 bridgehead atoms. The van der Waals surface area contributed by atoms with Crippen molar-refractivity contribution in [3.05, 3.63) is 54.4 Å². The molecular weight excluding hydrogens is 461 g/mol. The van der Waals surface area contributed by atoms with Crippen molar-refractivity contribution >= 4 is 38.7 Å². The number of amides is 1. The molecule has 3 aromatic rings. The van der Waals surface area contributed by atoms with Gasteiger partial charge in [0.25, 0.3) is 0 Å². The van der Waals surface area contributed by atoms with Crippen LogP contribution in [0.25, 0.3) is 11.2 Å². The molecule has 4 rings (SSSR count). The number of hydrogen-bond donors (Lipinski definition) is 1. The van der Waals surface area contributed by atoms with Gasteiger partial charge in [-0.25, -0.2) is 27.6 Å². The molecule has 34 heavy (non-hydrogen) atoms. The topological polar surface area (TPSA) is 106 Å². The van der Waals surface area contributed by atoms with Crippen molar-refractivity contribution in [3.63, 3.8) is 0 Å². The standard InChI is InChI=1S/C23H26FN5O4S/c1-23(2,3)33-22(30)28-10-7-15(8-11-28)19-14-26-21-20(25-9-12-29(19)21)27-18-6-5-16(13-17(18)24)34(4,31)32/h5-7,9,12-14H,8,10-11H2,1-4H3,(H,25,27). The Morgan fingerprint density at radius 2 is 2.00 bits per heavy atom. The fourth-order valence-corrected chi connectivity index (χ4v) is 4.23. The van der Waals surface area contributed by atoms with Crippen LogP contribution in [0.2, 0.25) is 0 Å². The van der Waals surface area contributed by atoms with Crippen LogP contribution in [0.3, 0.4) is 0 Å². The average molecular weight is 488 g/mol. The van der Waals surface area contributed by atoms with E-state index in [9.17, 15) is 17.6 Å². The van der Waals surface area contributed by atoms with Gasteiger partial charge < -0.3 is 15.0 Å². The molecule has 0 saturated heterocycles. The van der Waals surface area contributed by atoms with Gasteiger partial charge in [-0.15, -0.1) is 0 Å². The number of aromatic nitrogens is 3. The molecular formula is C23H26FN5O4S. The van der Waals surface area contributed by atoms with E-state index in [0.29, 0.717) is 31.0 Å². The lowest BCUT2D eigenvalue weighted by Crippen LogP contribution is -2.39. The van der Waals surface area contributed by atoms with E-state index in [1.165, 1.54) is 12.1 Å². The van der Waals surface area contributed by atoms with E-state index in [2.05, 4.69) is 15.3 Å². The highest BCUT2D eigenvalue weighted by Gasteiger charge is 2.25. The zero-order valence-corrected chi connectivity index (χ0v) is 20.2. The number of nitrogens with one attached hydrogen (secondary N) is 1. The van der Waals surface area contributed by atoms with Gasteiger partial charge in [-0.2, -0.15) is 0 Å². The van der Waals surface area contributed by atoms with Crippen molar-refractivity contribution < 1.29 is 22.3 Å². The minimum Gasteiger partial charge on any atom is -0.444 e. The van der Waals surface area contributed by atoms with E-state index in [-0.39, 0.29) is 16.7 Å². The maximum Gasteiger partial charge on any atom is 0.410 e. The Morgan fingerprint density at radius 3 is 2.62 bits per heavy atom. The molecule has 3 heterocycles. The number of carbonyl (C=O) groups is 1. The number of anilines is 2. The second kappa shape index (κ2) is 8.71. The van der Waals surface area contributed by atoms with Crippen molar-refractivity contribution in [1.29, 1.82) is 0 Å². The molecule has 0 spiro atoms. The Kier molecular flexibility index (Phi) is 6.07. The third-order valence-corrected chi connectivity index (χ3v) is 6.35. The summed E-state index contributed by atoms with van der Waals surface area (Å²) in [6.07, 6.45) is 8.30. The fourth-order valence-electron chi connectivity index (χ4n) is 3.59. The maximum atomic E-state index is 14.5. The molecule has 0 saturated carbocycles. The predicted molar refractivity (Wildman–Crippen MR) is 126 cm³/mol. The number of imidazole rings is 1. The van der Waals surface area contributed by atoms with Gasteiger partial charge in [-0.05, 0) is 51.0 Å². The molecule has 0 aliphatic carbocycles. The van der Waals surface area contributed by atoms with Crippen LogP contribution in [0, 0.1) is 5.82 Å². The van der Waals surface area contributed by atoms with Gasteiger partial charge in [-0.1, -0.05) is 6.08 Å². The molecule has 0 radical (unpaired) electrons. The van der Waals surface area contributed by atoms with Gasteiger partial charge in [-0.3, -0.25) is 4.40 Å². The molecule has 11 heteroatoms. The van der Waals surface area contributed by atoms with Gasteiger partial charge in [0.1, 0.15) is 11.4 Å². The molecule has 1 aromatic carbocycles. The highest BCUT2D eigenvalue weighted by Crippen LogP contribution is 2.28. The van der Waals surface area contributed by atoms with Crippen LogP contribution in [-0.2, 0) is 14.6 Å². The lowest BCUT2D eigenvalue weighted by atomic mass is 10.1. The van der Waals surface area contributed by atoms with Crippen molar-refractivity contribution in [3.8, 4) is 0 Å². The highest BCUT2D eigenvalue weighted by atomic mass is 32.2. The number of ether oxygens (including phenoxy) is 1. The monoisotopic (exact) mass is 487 g/mol. The van der Waals surface area contributed by atoms with Crippen LogP contribution in [0.5, 0.6) is 0 Å². The number of halogens is 1. The Labute approximate surface area is 197 Å². The first kappa shape index (κ1) is 23.7. The van der Waals surface area contributed by atoms with Crippen LogP contribution in [0.15, 0.2) is 47.8 Å². The van der Waals surface area contributed by atoms with E-state index in [1.54, 1.807) is 23.5 Å². The van der Waals surface area contributed by atoms with Crippen LogP contribution >= 0.6 is 0 Å².